The van der Waals surface area contributed by atoms with Gasteiger partial charge in [0.2, 0.25) is 0 Å². The maximum Gasteiger partial charge on any atom is 0.0601 e. The van der Waals surface area contributed by atoms with Crippen LogP contribution in [0, 0.1) is 0 Å². The lowest BCUT2D eigenvalue weighted by molar-refractivity contribution is -0.0798. The molecule has 2 heterocycles. The quantitative estimate of drug-likeness (QED) is 0.691. The number of hydrogen-bond donors (Lipinski definition) is 2. The van der Waals surface area contributed by atoms with E-state index in [1.165, 1.54) is 0 Å². The van der Waals surface area contributed by atoms with Crippen LogP contribution in [-0.4, -0.2) is 36.0 Å². The molecule has 1 atom stereocenters. The molecule has 0 radical (unpaired) electrons. The second kappa shape index (κ2) is 3.65. The molecule has 1 saturated heterocycles. The van der Waals surface area contributed by atoms with Gasteiger partial charge in [-0.3, -0.25) is 4.98 Å². The number of pyridine rings is 1. The van der Waals surface area contributed by atoms with Crippen molar-refractivity contribution in [1.82, 2.24) is 4.98 Å². The minimum Gasteiger partial charge on any atom is -0.395 e. The molecule has 1 aliphatic heterocycles. The van der Waals surface area contributed by atoms with Gasteiger partial charge in [-0.15, -0.1) is 0 Å². The summed E-state index contributed by atoms with van der Waals surface area (Å²) in [5, 5.41) is 9.10. The fraction of sp³-hybridized carbons (Fsp3) is 0.500. The topological polar surface area (TPSA) is 68.4 Å². The van der Waals surface area contributed by atoms with Crippen LogP contribution in [0.4, 0.5) is 0 Å². The molecule has 1 unspecified atom stereocenters. The number of ether oxygens (including phenoxy) is 1. The lowest BCUT2D eigenvalue weighted by atomic mass is 9.73. The van der Waals surface area contributed by atoms with E-state index in [1.54, 1.807) is 12.4 Å². The first kappa shape index (κ1) is 9.58. The van der Waals surface area contributed by atoms with Gasteiger partial charge in [-0.2, -0.15) is 0 Å². The highest BCUT2D eigenvalue weighted by molar-refractivity contribution is 5.28. The maximum absolute atomic E-state index is 9.10. The van der Waals surface area contributed by atoms with E-state index in [4.69, 9.17) is 15.6 Å². The highest BCUT2D eigenvalue weighted by Crippen LogP contribution is 2.34. The van der Waals surface area contributed by atoms with E-state index in [1.807, 2.05) is 12.1 Å². The fourth-order valence-corrected chi connectivity index (χ4v) is 1.78. The molecular weight excluding hydrogens is 180 g/mol. The molecular formula is C10H14N2O2. The zero-order valence-electron chi connectivity index (χ0n) is 7.89. The highest BCUT2D eigenvalue weighted by atomic mass is 16.5. The number of nitrogens with two attached hydrogens (primary N) is 1. The summed E-state index contributed by atoms with van der Waals surface area (Å²) in [5.74, 6) is 0. The predicted molar refractivity (Wildman–Crippen MR) is 51.8 cm³/mol. The van der Waals surface area contributed by atoms with Crippen LogP contribution < -0.4 is 5.73 Å². The van der Waals surface area contributed by atoms with Crippen LogP contribution >= 0.6 is 0 Å². The Morgan fingerprint density at radius 2 is 2.14 bits per heavy atom. The van der Waals surface area contributed by atoms with Gasteiger partial charge >= 0.3 is 0 Å². The summed E-state index contributed by atoms with van der Waals surface area (Å²) in [6.07, 6.45) is 3.47. The number of nitrogens with zero attached hydrogens (tertiary/aromatic N) is 1. The van der Waals surface area contributed by atoms with E-state index in [0.717, 1.165) is 5.56 Å². The van der Waals surface area contributed by atoms with Crippen molar-refractivity contribution in [1.29, 1.82) is 0 Å². The molecule has 1 fully saturated rings. The van der Waals surface area contributed by atoms with Crippen LogP contribution in [-0.2, 0) is 10.2 Å². The zero-order valence-corrected chi connectivity index (χ0v) is 7.89. The SMILES string of the molecule is NC(CO)C1(c2ccncc2)COC1. The van der Waals surface area contributed by atoms with Crippen LogP contribution in [0.15, 0.2) is 24.5 Å². The number of aliphatic hydroxyl groups excluding tert-OH is 1. The fourth-order valence-electron chi connectivity index (χ4n) is 1.78. The zero-order chi connectivity index (χ0) is 10.0. The average Bonchev–Trinajstić information content (AvgIpc) is 2.17. The number of rotatable bonds is 3. The second-order valence-electron chi connectivity index (χ2n) is 3.67. The van der Waals surface area contributed by atoms with Gasteiger partial charge in [-0.25, -0.2) is 0 Å². The van der Waals surface area contributed by atoms with Crippen LogP contribution in [0.1, 0.15) is 5.56 Å². The molecule has 0 spiro atoms. The largest absolute Gasteiger partial charge is 0.395 e. The molecule has 1 aliphatic rings. The van der Waals surface area contributed by atoms with Gasteiger partial charge in [-0.05, 0) is 17.7 Å². The van der Waals surface area contributed by atoms with Gasteiger partial charge in [0.15, 0.2) is 0 Å². The highest BCUT2D eigenvalue weighted by Gasteiger charge is 2.45. The summed E-state index contributed by atoms with van der Waals surface area (Å²) < 4.78 is 5.20. The van der Waals surface area contributed by atoms with Gasteiger partial charge in [0.1, 0.15) is 0 Å². The summed E-state index contributed by atoms with van der Waals surface area (Å²) in [6, 6.07) is 3.59. The predicted octanol–water partition coefficient (Wildman–Crippen LogP) is -0.331. The summed E-state index contributed by atoms with van der Waals surface area (Å²) in [6.45, 7) is 1.14. The Labute approximate surface area is 82.7 Å². The molecule has 0 amide bonds. The number of aliphatic hydroxyl groups is 1. The molecule has 1 aromatic heterocycles. The summed E-state index contributed by atoms with van der Waals surface area (Å²) >= 11 is 0. The Morgan fingerprint density at radius 3 is 2.57 bits per heavy atom. The second-order valence-corrected chi connectivity index (χ2v) is 3.67. The number of aromatic nitrogens is 1. The van der Waals surface area contributed by atoms with Gasteiger partial charge < -0.3 is 15.6 Å². The van der Waals surface area contributed by atoms with E-state index in [9.17, 15) is 0 Å². The molecule has 1 aromatic rings. The van der Waals surface area contributed by atoms with Crippen molar-refractivity contribution in [3.8, 4) is 0 Å². The normalized spacial score (nSPS) is 21.3. The van der Waals surface area contributed by atoms with E-state index in [-0.39, 0.29) is 18.1 Å². The molecule has 0 aromatic carbocycles. The minimum atomic E-state index is -0.265. The Hall–Kier alpha value is -0.970. The van der Waals surface area contributed by atoms with Crippen LogP contribution in [0.3, 0.4) is 0 Å². The van der Waals surface area contributed by atoms with E-state index in [2.05, 4.69) is 4.98 Å². The molecule has 2 rings (SSSR count). The Bertz CT molecular complexity index is 298. The van der Waals surface area contributed by atoms with Crippen LogP contribution in [0.2, 0.25) is 0 Å². The first-order valence-corrected chi connectivity index (χ1v) is 4.64. The van der Waals surface area contributed by atoms with E-state index >= 15 is 0 Å². The van der Waals surface area contributed by atoms with E-state index < -0.39 is 0 Å². The molecule has 0 bridgehead atoms. The summed E-state index contributed by atoms with van der Waals surface area (Å²) in [7, 11) is 0. The standard InChI is InChI=1S/C10H14N2O2/c11-9(5-13)10(6-14-7-10)8-1-3-12-4-2-8/h1-4,9,13H,5-7,11H2. The maximum atomic E-state index is 9.10. The summed E-state index contributed by atoms with van der Waals surface area (Å²) in [4.78, 5) is 3.96. The van der Waals surface area contributed by atoms with Crippen molar-refractivity contribution >= 4 is 0 Å². The molecule has 4 nitrogen and oxygen atoms in total. The van der Waals surface area contributed by atoms with E-state index in [0.29, 0.717) is 13.2 Å². The molecule has 0 saturated carbocycles. The summed E-state index contributed by atoms with van der Waals surface area (Å²) in [5.41, 5.74) is 6.78. The van der Waals surface area contributed by atoms with Gasteiger partial charge in [0, 0.05) is 18.4 Å². The third-order valence-corrected chi connectivity index (χ3v) is 2.88. The third-order valence-electron chi connectivity index (χ3n) is 2.88. The van der Waals surface area contributed by atoms with Gasteiger partial charge in [-0.1, -0.05) is 0 Å². The van der Waals surface area contributed by atoms with Crippen molar-refractivity contribution in [3.63, 3.8) is 0 Å². The Kier molecular flexibility index (Phi) is 2.50. The average molecular weight is 194 g/mol. The minimum absolute atomic E-state index is 0.0221. The molecule has 3 N–H and O–H groups in total. The van der Waals surface area contributed by atoms with Crippen LogP contribution in [0.5, 0.6) is 0 Å². The lowest BCUT2D eigenvalue weighted by Gasteiger charge is -2.45. The van der Waals surface area contributed by atoms with Crippen molar-refractivity contribution in [3.05, 3.63) is 30.1 Å². The molecule has 14 heavy (non-hydrogen) atoms. The molecule has 4 heteroatoms. The Morgan fingerprint density at radius 1 is 1.50 bits per heavy atom. The first-order chi connectivity index (χ1) is 6.79. The van der Waals surface area contributed by atoms with Crippen molar-refractivity contribution < 1.29 is 9.84 Å². The smallest absolute Gasteiger partial charge is 0.0601 e. The number of hydrogen-bond acceptors (Lipinski definition) is 4. The lowest BCUT2D eigenvalue weighted by Crippen LogP contribution is -2.60. The Balaban J connectivity index is 2.29. The van der Waals surface area contributed by atoms with Crippen molar-refractivity contribution in [2.75, 3.05) is 19.8 Å². The first-order valence-electron chi connectivity index (χ1n) is 4.64. The monoisotopic (exact) mass is 194 g/mol. The van der Waals surface area contributed by atoms with Gasteiger partial charge in [0.25, 0.3) is 0 Å². The third kappa shape index (κ3) is 1.32. The van der Waals surface area contributed by atoms with Crippen molar-refractivity contribution in [2.24, 2.45) is 5.73 Å². The molecule has 76 valence electrons. The molecule has 0 aliphatic carbocycles. The van der Waals surface area contributed by atoms with Crippen molar-refractivity contribution in [2.45, 2.75) is 11.5 Å². The van der Waals surface area contributed by atoms with Crippen LogP contribution in [0.25, 0.3) is 0 Å². The van der Waals surface area contributed by atoms with Gasteiger partial charge in [0.05, 0.1) is 25.2 Å².